The molecule has 0 amide bonds. The third-order valence-corrected chi connectivity index (χ3v) is 2.08. The molecule has 0 saturated carbocycles. The van der Waals surface area contributed by atoms with Gasteiger partial charge in [0, 0.05) is 5.39 Å². The zero-order valence-electron chi connectivity index (χ0n) is 7.72. The number of H-pyrrole nitrogens is 1. The van der Waals surface area contributed by atoms with Gasteiger partial charge in [0.1, 0.15) is 5.52 Å². The topological polar surface area (TPSA) is 37.9 Å². The molecule has 0 aliphatic carbocycles. The molecule has 0 atom stereocenters. The van der Waals surface area contributed by atoms with Gasteiger partial charge in [-0.3, -0.25) is 5.10 Å². The lowest BCUT2D eigenvalue weighted by molar-refractivity contribution is -0.138. The van der Waals surface area contributed by atoms with Gasteiger partial charge in [0.2, 0.25) is 0 Å². The van der Waals surface area contributed by atoms with Gasteiger partial charge in [0.05, 0.1) is 18.9 Å². The van der Waals surface area contributed by atoms with Gasteiger partial charge in [-0.05, 0) is 6.07 Å². The summed E-state index contributed by atoms with van der Waals surface area (Å²) in [5.74, 6) is -0.225. The summed E-state index contributed by atoms with van der Waals surface area (Å²) in [4.78, 5) is 0. The molecule has 0 aliphatic rings. The van der Waals surface area contributed by atoms with Gasteiger partial charge < -0.3 is 4.74 Å². The number of rotatable bonds is 1. The number of aromatic amines is 1. The van der Waals surface area contributed by atoms with Crippen LogP contribution in [0, 0.1) is 0 Å². The molecular formula is C9H7F3N2O. The van der Waals surface area contributed by atoms with Crippen molar-refractivity contribution in [3.05, 3.63) is 23.9 Å². The van der Waals surface area contributed by atoms with E-state index in [2.05, 4.69) is 10.2 Å². The highest BCUT2D eigenvalue weighted by molar-refractivity contribution is 5.85. The van der Waals surface area contributed by atoms with Gasteiger partial charge in [0.15, 0.2) is 5.75 Å². The van der Waals surface area contributed by atoms with E-state index < -0.39 is 11.7 Å². The maximum absolute atomic E-state index is 12.6. The van der Waals surface area contributed by atoms with E-state index in [0.717, 1.165) is 6.07 Å². The van der Waals surface area contributed by atoms with Crippen LogP contribution in [0.5, 0.6) is 5.75 Å². The average molecular weight is 216 g/mol. The Bertz CT molecular complexity index is 490. The van der Waals surface area contributed by atoms with Crippen molar-refractivity contribution in [2.24, 2.45) is 0 Å². The third-order valence-electron chi connectivity index (χ3n) is 2.08. The van der Waals surface area contributed by atoms with Crippen molar-refractivity contribution in [1.82, 2.24) is 10.2 Å². The molecule has 2 aromatic rings. The Labute approximate surface area is 82.9 Å². The molecule has 80 valence electrons. The molecule has 1 aromatic carbocycles. The number of alkyl halides is 3. The van der Waals surface area contributed by atoms with Crippen molar-refractivity contribution in [2.75, 3.05) is 7.11 Å². The van der Waals surface area contributed by atoms with Crippen LogP contribution in [-0.2, 0) is 6.18 Å². The van der Waals surface area contributed by atoms with E-state index in [-0.39, 0.29) is 11.3 Å². The number of nitrogens with zero attached hydrogens (tertiary/aromatic N) is 1. The zero-order valence-corrected chi connectivity index (χ0v) is 7.72. The van der Waals surface area contributed by atoms with Crippen molar-refractivity contribution in [1.29, 1.82) is 0 Å². The number of aromatic nitrogens is 2. The second-order valence-electron chi connectivity index (χ2n) is 2.98. The fraction of sp³-hybridized carbons (Fsp3) is 0.222. The van der Waals surface area contributed by atoms with E-state index in [0.29, 0.717) is 5.39 Å². The molecule has 2 rings (SSSR count). The van der Waals surface area contributed by atoms with E-state index in [4.69, 9.17) is 4.74 Å². The molecule has 0 spiro atoms. The van der Waals surface area contributed by atoms with E-state index in [1.807, 2.05) is 0 Å². The Balaban J connectivity index is 2.75. The predicted molar refractivity (Wildman–Crippen MR) is 47.6 cm³/mol. The Kier molecular flexibility index (Phi) is 2.06. The number of fused-ring (bicyclic) bond motifs is 1. The molecule has 1 heterocycles. The summed E-state index contributed by atoms with van der Waals surface area (Å²) >= 11 is 0. The largest absolute Gasteiger partial charge is 0.494 e. The van der Waals surface area contributed by atoms with Crippen LogP contribution in [0.4, 0.5) is 13.2 Å². The molecule has 0 aliphatic heterocycles. The molecule has 1 N–H and O–H groups in total. The number of halogens is 3. The number of ether oxygens (including phenoxy) is 1. The molecule has 3 nitrogen and oxygen atoms in total. The standard InChI is InChI=1S/C9H7F3N2O/c1-15-8-6(9(10,11)12)3-2-5-4-13-14-7(5)8/h2-4H,1H3,(H,13,14). The monoisotopic (exact) mass is 216 g/mol. The van der Waals surface area contributed by atoms with Gasteiger partial charge in [-0.15, -0.1) is 0 Å². The summed E-state index contributed by atoms with van der Waals surface area (Å²) in [7, 11) is 1.20. The van der Waals surface area contributed by atoms with Gasteiger partial charge in [-0.2, -0.15) is 18.3 Å². The highest BCUT2D eigenvalue weighted by Gasteiger charge is 2.35. The van der Waals surface area contributed by atoms with Gasteiger partial charge in [-0.25, -0.2) is 0 Å². The fourth-order valence-corrected chi connectivity index (χ4v) is 1.42. The molecular weight excluding hydrogens is 209 g/mol. The van der Waals surface area contributed by atoms with Crippen LogP contribution in [0.15, 0.2) is 18.3 Å². The van der Waals surface area contributed by atoms with Crippen LogP contribution in [0.2, 0.25) is 0 Å². The molecule has 6 heteroatoms. The first-order valence-corrected chi connectivity index (χ1v) is 4.11. The van der Waals surface area contributed by atoms with Crippen LogP contribution in [0.25, 0.3) is 10.9 Å². The molecule has 0 fully saturated rings. The quantitative estimate of drug-likeness (QED) is 0.795. The maximum Gasteiger partial charge on any atom is 0.420 e. The van der Waals surface area contributed by atoms with E-state index in [1.54, 1.807) is 0 Å². The molecule has 0 bridgehead atoms. The summed E-state index contributed by atoms with van der Waals surface area (Å²) in [6, 6.07) is 2.33. The minimum atomic E-state index is -4.43. The molecule has 15 heavy (non-hydrogen) atoms. The summed E-state index contributed by atoms with van der Waals surface area (Å²) < 4.78 is 42.4. The zero-order chi connectivity index (χ0) is 11.1. The summed E-state index contributed by atoms with van der Waals surface area (Å²) in [5, 5.41) is 6.72. The number of hydrogen-bond acceptors (Lipinski definition) is 2. The lowest BCUT2D eigenvalue weighted by Crippen LogP contribution is -2.07. The first-order chi connectivity index (χ1) is 7.04. The third kappa shape index (κ3) is 1.51. The van der Waals surface area contributed by atoms with Gasteiger partial charge >= 0.3 is 6.18 Å². The number of nitrogens with one attached hydrogen (secondary N) is 1. The van der Waals surface area contributed by atoms with Crippen LogP contribution >= 0.6 is 0 Å². The Morgan fingerprint density at radius 2 is 2.07 bits per heavy atom. The van der Waals surface area contributed by atoms with Crippen LogP contribution < -0.4 is 4.74 Å². The molecule has 0 unspecified atom stereocenters. The first kappa shape index (κ1) is 9.82. The minimum absolute atomic E-state index is 0.225. The van der Waals surface area contributed by atoms with Gasteiger partial charge in [-0.1, -0.05) is 6.07 Å². The summed E-state index contributed by atoms with van der Waals surface area (Å²) in [5.41, 5.74) is -0.547. The van der Waals surface area contributed by atoms with E-state index in [9.17, 15) is 13.2 Å². The van der Waals surface area contributed by atoms with Gasteiger partial charge in [0.25, 0.3) is 0 Å². The van der Waals surface area contributed by atoms with Crippen molar-refractivity contribution in [2.45, 2.75) is 6.18 Å². The summed E-state index contributed by atoms with van der Waals surface area (Å²) in [6.07, 6.45) is -2.98. The number of benzene rings is 1. The van der Waals surface area contributed by atoms with E-state index in [1.165, 1.54) is 19.4 Å². The maximum atomic E-state index is 12.6. The molecule has 0 saturated heterocycles. The molecule has 1 aromatic heterocycles. The Morgan fingerprint density at radius 1 is 1.33 bits per heavy atom. The van der Waals surface area contributed by atoms with Crippen molar-refractivity contribution in [3.8, 4) is 5.75 Å². The van der Waals surface area contributed by atoms with Crippen LogP contribution in [0.3, 0.4) is 0 Å². The lowest BCUT2D eigenvalue weighted by atomic mass is 10.1. The predicted octanol–water partition coefficient (Wildman–Crippen LogP) is 2.59. The SMILES string of the molecule is COc1c(C(F)(F)F)ccc2cn[nH]c12. The lowest BCUT2D eigenvalue weighted by Gasteiger charge is -2.11. The number of hydrogen-bond donors (Lipinski definition) is 1. The molecule has 0 radical (unpaired) electrons. The fourth-order valence-electron chi connectivity index (χ4n) is 1.42. The van der Waals surface area contributed by atoms with Crippen LogP contribution in [-0.4, -0.2) is 17.3 Å². The second kappa shape index (κ2) is 3.15. The van der Waals surface area contributed by atoms with E-state index >= 15 is 0 Å². The Hall–Kier alpha value is -1.72. The minimum Gasteiger partial charge on any atom is -0.494 e. The van der Waals surface area contributed by atoms with Crippen LogP contribution in [0.1, 0.15) is 5.56 Å². The number of methoxy groups -OCH3 is 1. The second-order valence-corrected chi connectivity index (χ2v) is 2.98. The van der Waals surface area contributed by atoms with Crippen molar-refractivity contribution >= 4 is 10.9 Å². The normalized spacial score (nSPS) is 12.0. The highest BCUT2D eigenvalue weighted by atomic mass is 19.4. The average Bonchev–Trinajstić information content (AvgIpc) is 2.61. The first-order valence-electron chi connectivity index (χ1n) is 4.11. The van der Waals surface area contributed by atoms with Crippen molar-refractivity contribution in [3.63, 3.8) is 0 Å². The van der Waals surface area contributed by atoms with Crippen molar-refractivity contribution < 1.29 is 17.9 Å². The summed E-state index contributed by atoms with van der Waals surface area (Å²) in [6.45, 7) is 0. The smallest absolute Gasteiger partial charge is 0.420 e. The highest BCUT2D eigenvalue weighted by Crippen LogP contribution is 2.39. The Morgan fingerprint density at radius 3 is 2.67 bits per heavy atom.